The van der Waals surface area contributed by atoms with E-state index in [2.05, 4.69) is 6.07 Å². The van der Waals surface area contributed by atoms with Gasteiger partial charge >= 0.3 is 0 Å². The van der Waals surface area contributed by atoms with Gasteiger partial charge in [0.15, 0.2) is 0 Å². The summed E-state index contributed by atoms with van der Waals surface area (Å²) in [5, 5.41) is 0. The molecule has 0 bridgehead atoms. The van der Waals surface area contributed by atoms with Gasteiger partial charge in [0.2, 0.25) is 0 Å². The van der Waals surface area contributed by atoms with Crippen molar-refractivity contribution >= 4 is 11.4 Å². The van der Waals surface area contributed by atoms with Crippen LogP contribution in [0.15, 0.2) is 42.5 Å². The second-order valence-corrected chi connectivity index (χ2v) is 5.00. The molecule has 19 heavy (non-hydrogen) atoms. The van der Waals surface area contributed by atoms with Crippen molar-refractivity contribution in [1.82, 2.24) is 0 Å². The molecule has 3 rings (SSSR count). The van der Waals surface area contributed by atoms with Gasteiger partial charge in [-0.3, -0.25) is 0 Å². The predicted octanol–water partition coefficient (Wildman–Crippen LogP) is 3.54. The summed E-state index contributed by atoms with van der Waals surface area (Å²) in [4.78, 5) is 2.04. The molecule has 0 saturated carbocycles. The summed E-state index contributed by atoms with van der Waals surface area (Å²) >= 11 is 0. The molecular weight excluding hydrogens is 239 g/mol. The van der Waals surface area contributed by atoms with Gasteiger partial charge < -0.3 is 10.6 Å². The molecule has 2 aromatic carbocycles. The van der Waals surface area contributed by atoms with Crippen LogP contribution in [0.3, 0.4) is 0 Å². The summed E-state index contributed by atoms with van der Waals surface area (Å²) in [5.74, 6) is -0.202. The molecule has 0 unspecified atom stereocenters. The largest absolute Gasteiger partial charge is 0.338 e. The molecule has 0 radical (unpaired) electrons. The number of anilines is 2. The molecule has 1 aliphatic rings. The third-order valence-electron chi connectivity index (χ3n) is 3.67. The molecule has 98 valence electrons. The van der Waals surface area contributed by atoms with E-state index in [0.717, 1.165) is 24.2 Å². The van der Waals surface area contributed by atoms with Crippen LogP contribution >= 0.6 is 0 Å². The van der Waals surface area contributed by atoms with Crippen LogP contribution in [0.2, 0.25) is 0 Å². The second kappa shape index (κ2) is 4.67. The maximum absolute atomic E-state index is 14.3. The first-order chi connectivity index (χ1) is 9.18. The Bertz CT molecular complexity index is 607. The number of hydrogen-bond donors (Lipinski definition) is 1. The third kappa shape index (κ3) is 2.00. The first kappa shape index (κ1) is 12.2. The third-order valence-corrected chi connectivity index (χ3v) is 3.67. The standard InChI is InChI=1S/C16H17FN2/c1-11(18)13-6-4-7-14(17)16(13)19-10-9-12-5-2-3-8-15(12)19/h2-8,11H,9-10,18H2,1H3/t11-/m0/s1. The Morgan fingerprint density at radius 3 is 2.74 bits per heavy atom. The Kier molecular flexibility index (Phi) is 2.99. The van der Waals surface area contributed by atoms with Crippen LogP contribution in [0.5, 0.6) is 0 Å². The molecule has 2 nitrogen and oxygen atoms in total. The van der Waals surface area contributed by atoms with Gasteiger partial charge in [-0.2, -0.15) is 0 Å². The maximum atomic E-state index is 14.3. The van der Waals surface area contributed by atoms with E-state index in [0.29, 0.717) is 5.69 Å². The molecule has 1 atom stereocenters. The lowest BCUT2D eigenvalue weighted by Gasteiger charge is -2.24. The first-order valence-corrected chi connectivity index (χ1v) is 6.58. The van der Waals surface area contributed by atoms with Crippen molar-refractivity contribution in [3.63, 3.8) is 0 Å². The van der Waals surface area contributed by atoms with Crippen molar-refractivity contribution in [2.24, 2.45) is 5.73 Å². The fraction of sp³-hybridized carbons (Fsp3) is 0.250. The molecule has 2 aromatic rings. The van der Waals surface area contributed by atoms with Gasteiger partial charge in [-0.05, 0) is 36.6 Å². The van der Waals surface area contributed by atoms with Gasteiger partial charge in [0.25, 0.3) is 0 Å². The minimum atomic E-state index is -0.202. The highest BCUT2D eigenvalue weighted by atomic mass is 19.1. The van der Waals surface area contributed by atoms with E-state index in [4.69, 9.17) is 5.73 Å². The normalized spacial score (nSPS) is 15.4. The SMILES string of the molecule is C[C@H](N)c1cccc(F)c1N1CCc2ccccc21. The molecule has 0 spiro atoms. The topological polar surface area (TPSA) is 29.3 Å². The zero-order valence-electron chi connectivity index (χ0n) is 10.9. The monoisotopic (exact) mass is 256 g/mol. The van der Waals surface area contributed by atoms with Gasteiger partial charge in [-0.1, -0.05) is 30.3 Å². The minimum Gasteiger partial charge on any atom is -0.338 e. The molecule has 2 N–H and O–H groups in total. The van der Waals surface area contributed by atoms with Gasteiger partial charge in [0.1, 0.15) is 5.82 Å². The smallest absolute Gasteiger partial charge is 0.147 e. The van der Waals surface area contributed by atoms with Crippen molar-refractivity contribution in [1.29, 1.82) is 0 Å². The molecule has 1 heterocycles. The van der Waals surface area contributed by atoms with Crippen LogP contribution in [-0.2, 0) is 6.42 Å². The summed E-state index contributed by atoms with van der Waals surface area (Å²) in [6.45, 7) is 2.69. The number of nitrogens with two attached hydrogens (primary N) is 1. The highest BCUT2D eigenvalue weighted by Crippen LogP contribution is 2.38. The quantitative estimate of drug-likeness (QED) is 0.890. The molecule has 0 amide bonds. The van der Waals surface area contributed by atoms with Gasteiger partial charge in [0, 0.05) is 18.3 Å². The van der Waals surface area contributed by atoms with E-state index >= 15 is 0 Å². The summed E-state index contributed by atoms with van der Waals surface area (Å²) < 4.78 is 14.3. The average Bonchev–Trinajstić information content (AvgIpc) is 2.82. The van der Waals surface area contributed by atoms with E-state index in [-0.39, 0.29) is 11.9 Å². The number of para-hydroxylation sites is 2. The highest BCUT2D eigenvalue weighted by Gasteiger charge is 2.25. The van der Waals surface area contributed by atoms with Gasteiger partial charge in [0.05, 0.1) is 5.69 Å². The van der Waals surface area contributed by atoms with Crippen molar-refractivity contribution < 1.29 is 4.39 Å². The Hall–Kier alpha value is -1.87. The summed E-state index contributed by atoms with van der Waals surface area (Å²) in [7, 11) is 0. The first-order valence-electron chi connectivity index (χ1n) is 6.58. The fourth-order valence-electron chi connectivity index (χ4n) is 2.75. The van der Waals surface area contributed by atoms with Crippen LogP contribution in [0.1, 0.15) is 24.1 Å². The Morgan fingerprint density at radius 1 is 1.16 bits per heavy atom. The number of benzene rings is 2. The van der Waals surface area contributed by atoms with Crippen molar-refractivity contribution in [3.05, 3.63) is 59.4 Å². The van der Waals surface area contributed by atoms with Gasteiger partial charge in [-0.25, -0.2) is 4.39 Å². The van der Waals surface area contributed by atoms with E-state index in [1.807, 2.05) is 36.1 Å². The summed E-state index contributed by atoms with van der Waals surface area (Å²) in [6, 6.07) is 13.1. The number of hydrogen-bond acceptors (Lipinski definition) is 2. The zero-order valence-corrected chi connectivity index (χ0v) is 10.9. The number of nitrogens with zero attached hydrogens (tertiary/aromatic N) is 1. The lowest BCUT2D eigenvalue weighted by Crippen LogP contribution is -2.19. The average molecular weight is 256 g/mol. The summed E-state index contributed by atoms with van der Waals surface area (Å²) in [6.07, 6.45) is 0.947. The maximum Gasteiger partial charge on any atom is 0.147 e. The summed E-state index contributed by atoms with van der Waals surface area (Å²) in [5.41, 5.74) is 9.82. The van der Waals surface area contributed by atoms with E-state index in [9.17, 15) is 4.39 Å². The molecule has 1 aliphatic heterocycles. The minimum absolute atomic E-state index is 0.182. The highest BCUT2D eigenvalue weighted by molar-refractivity contribution is 5.72. The van der Waals surface area contributed by atoms with Crippen molar-refractivity contribution in [2.75, 3.05) is 11.4 Å². The van der Waals surface area contributed by atoms with Crippen molar-refractivity contribution in [3.8, 4) is 0 Å². The van der Waals surface area contributed by atoms with Crippen LogP contribution in [-0.4, -0.2) is 6.54 Å². The number of fused-ring (bicyclic) bond motifs is 1. The Balaban J connectivity index is 2.14. The lowest BCUT2D eigenvalue weighted by atomic mass is 10.1. The van der Waals surface area contributed by atoms with Crippen LogP contribution < -0.4 is 10.6 Å². The molecule has 0 fully saturated rings. The molecular formula is C16H17FN2. The molecule has 0 aliphatic carbocycles. The Morgan fingerprint density at radius 2 is 1.95 bits per heavy atom. The predicted molar refractivity (Wildman–Crippen MR) is 76.2 cm³/mol. The van der Waals surface area contributed by atoms with E-state index < -0.39 is 0 Å². The molecule has 0 aromatic heterocycles. The molecule has 0 saturated heterocycles. The van der Waals surface area contributed by atoms with Crippen LogP contribution in [0.25, 0.3) is 0 Å². The zero-order chi connectivity index (χ0) is 13.4. The van der Waals surface area contributed by atoms with Crippen LogP contribution in [0, 0.1) is 5.82 Å². The van der Waals surface area contributed by atoms with Gasteiger partial charge in [-0.15, -0.1) is 0 Å². The Labute approximate surface area is 112 Å². The lowest BCUT2D eigenvalue weighted by molar-refractivity contribution is 0.620. The number of halogens is 1. The number of rotatable bonds is 2. The van der Waals surface area contributed by atoms with Crippen molar-refractivity contribution in [2.45, 2.75) is 19.4 Å². The van der Waals surface area contributed by atoms with Crippen LogP contribution in [0.4, 0.5) is 15.8 Å². The second-order valence-electron chi connectivity index (χ2n) is 5.00. The fourth-order valence-corrected chi connectivity index (χ4v) is 2.75. The molecule has 3 heteroatoms. The van der Waals surface area contributed by atoms with E-state index in [1.165, 1.54) is 11.6 Å². The van der Waals surface area contributed by atoms with E-state index in [1.54, 1.807) is 6.07 Å².